The van der Waals surface area contributed by atoms with E-state index >= 15 is 0 Å². The molecule has 1 fully saturated rings. The van der Waals surface area contributed by atoms with E-state index in [2.05, 4.69) is 31.0 Å². The normalized spacial score (nSPS) is 24.7. The highest BCUT2D eigenvalue weighted by atomic mass is 32.2. The summed E-state index contributed by atoms with van der Waals surface area (Å²) in [7, 11) is -1.06. The van der Waals surface area contributed by atoms with Gasteiger partial charge in [-0.2, -0.15) is 4.31 Å². The van der Waals surface area contributed by atoms with Crippen LogP contribution in [0.5, 0.6) is 0 Å². The van der Waals surface area contributed by atoms with Crippen molar-refractivity contribution in [3.05, 3.63) is 0 Å². The van der Waals surface area contributed by atoms with E-state index in [0.29, 0.717) is 19.1 Å². The van der Waals surface area contributed by atoms with E-state index in [1.165, 1.54) is 6.26 Å². The van der Waals surface area contributed by atoms with Gasteiger partial charge in [-0.3, -0.25) is 4.90 Å². The Balaban J connectivity index is 2.72. The van der Waals surface area contributed by atoms with E-state index in [0.717, 1.165) is 19.5 Å². The predicted octanol–water partition coefficient (Wildman–Crippen LogP) is 0.340. The number of hydrogen-bond acceptors (Lipinski definition) is 4. The Morgan fingerprint density at radius 2 is 1.78 bits per heavy atom. The average Bonchev–Trinajstić information content (AvgIpc) is 2.36. The molecule has 0 radical (unpaired) electrons. The Morgan fingerprint density at radius 1 is 1.28 bits per heavy atom. The molecule has 108 valence electrons. The lowest BCUT2D eigenvalue weighted by Gasteiger charge is -2.48. The van der Waals surface area contributed by atoms with Crippen molar-refractivity contribution in [3.8, 4) is 0 Å². The third kappa shape index (κ3) is 3.23. The summed E-state index contributed by atoms with van der Waals surface area (Å²) in [5, 5.41) is 3.32. The summed E-state index contributed by atoms with van der Waals surface area (Å²) >= 11 is 0. The van der Waals surface area contributed by atoms with Gasteiger partial charge < -0.3 is 5.32 Å². The topological polar surface area (TPSA) is 52.6 Å². The first-order valence-corrected chi connectivity index (χ1v) is 8.48. The monoisotopic (exact) mass is 277 g/mol. The molecule has 1 rings (SSSR count). The first kappa shape index (κ1) is 15.9. The Labute approximate surface area is 112 Å². The van der Waals surface area contributed by atoms with Crippen LogP contribution in [0.3, 0.4) is 0 Å². The molecule has 0 spiro atoms. The van der Waals surface area contributed by atoms with Gasteiger partial charge in [0.2, 0.25) is 10.0 Å². The van der Waals surface area contributed by atoms with Crippen molar-refractivity contribution in [1.29, 1.82) is 0 Å². The Morgan fingerprint density at radius 3 is 2.11 bits per heavy atom. The average molecular weight is 277 g/mol. The van der Waals surface area contributed by atoms with Crippen LogP contribution in [0.15, 0.2) is 0 Å². The fraction of sp³-hybridized carbons (Fsp3) is 1.00. The zero-order valence-corrected chi connectivity index (χ0v) is 13.0. The van der Waals surface area contributed by atoms with Crippen molar-refractivity contribution in [2.24, 2.45) is 0 Å². The molecule has 0 aromatic heterocycles. The zero-order valence-electron chi connectivity index (χ0n) is 12.2. The molecule has 0 saturated carbocycles. The molecule has 5 nitrogen and oxygen atoms in total. The van der Waals surface area contributed by atoms with Gasteiger partial charge in [-0.1, -0.05) is 6.92 Å². The molecule has 6 heteroatoms. The summed E-state index contributed by atoms with van der Waals surface area (Å²) in [5.74, 6) is 0. The minimum atomic E-state index is -3.04. The van der Waals surface area contributed by atoms with Crippen LogP contribution >= 0.6 is 0 Å². The van der Waals surface area contributed by atoms with Gasteiger partial charge in [-0.05, 0) is 27.3 Å². The van der Waals surface area contributed by atoms with Crippen LogP contribution in [0.25, 0.3) is 0 Å². The molecule has 0 bridgehead atoms. The van der Waals surface area contributed by atoms with Crippen molar-refractivity contribution in [3.63, 3.8) is 0 Å². The molecule has 1 heterocycles. The van der Waals surface area contributed by atoms with Crippen LogP contribution in [0.2, 0.25) is 0 Å². The summed E-state index contributed by atoms with van der Waals surface area (Å²) < 4.78 is 24.6. The maximum absolute atomic E-state index is 11.5. The lowest BCUT2D eigenvalue weighted by Crippen LogP contribution is -2.62. The van der Waals surface area contributed by atoms with Crippen LogP contribution in [-0.4, -0.2) is 68.7 Å². The van der Waals surface area contributed by atoms with E-state index < -0.39 is 10.0 Å². The number of sulfonamides is 1. The fourth-order valence-electron chi connectivity index (χ4n) is 2.65. The molecule has 0 aromatic carbocycles. The van der Waals surface area contributed by atoms with E-state index in [-0.39, 0.29) is 5.54 Å². The SMILES string of the molecule is CCC(C)(C(C)NC)N1CCN(S(C)(=O)=O)CC1. The molecule has 1 aliphatic rings. The Kier molecular flexibility index (Phi) is 5.17. The number of likely N-dealkylation sites (N-methyl/N-ethyl adjacent to an activating group) is 1. The summed E-state index contributed by atoms with van der Waals surface area (Å²) in [6.45, 7) is 9.45. The van der Waals surface area contributed by atoms with E-state index in [9.17, 15) is 8.42 Å². The van der Waals surface area contributed by atoms with Crippen molar-refractivity contribution in [2.75, 3.05) is 39.5 Å². The first-order valence-electron chi connectivity index (χ1n) is 6.63. The number of rotatable bonds is 5. The molecule has 1 aliphatic heterocycles. The highest BCUT2D eigenvalue weighted by Gasteiger charge is 2.37. The van der Waals surface area contributed by atoms with Crippen LogP contribution in [0.4, 0.5) is 0 Å². The Bertz CT molecular complexity index is 364. The van der Waals surface area contributed by atoms with Crippen LogP contribution in [0, 0.1) is 0 Å². The second-order valence-corrected chi connectivity index (χ2v) is 7.35. The zero-order chi connectivity index (χ0) is 14.0. The number of piperazine rings is 1. The summed E-state index contributed by atoms with van der Waals surface area (Å²) in [5.41, 5.74) is 0.0817. The fourth-order valence-corrected chi connectivity index (χ4v) is 3.47. The van der Waals surface area contributed by atoms with Crippen molar-refractivity contribution in [2.45, 2.75) is 38.8 Å². The van der Waals surface area contributed by atoms with Gasteiger partial charge in [-0.15, -0.1) is 0 Å². The van der Waals surface area contributed by atoms with Crippen molar-refractivity contribution < 1.29 is 8.42 Å². The highest BCUT2D eigenvalue weighted by molar-refractivity contribution is 7.88. The maximum atomic E-state index is 11.5. The maximum Gasteiger partial charge on any atom is 0.211 e. The smallest absolute Gasteiger partial charge is 0.211 e. The summed E-state index contributed by atoms with van der Waals surface area (Å²) in [6, 6.07) is 0.382. The number of hydrogen-bond donors (Lipinski definition) is 1. The second kappa shape index (κ2) is 5.86. The van der Waals surface area contributed by atoms with Crippen molar-refractivity contribution >= 4 is 10.0 Å². The van der Waals surface area contributed by atoms with E-state index in [4.69, 9.17) is 0 Å². The molecule has 0 amide bonds. The van der Waals surface area contributed by atoms with Gasteiger partial charge in [-0.25, -0.2) is 8.42 Å². The molecule has 2 atom stereocenters. The molecule has 0 aromatic rings. The van der Waals surface area contributed by atoms with Gasteiger partial charge in [0.25, 0.3) is 0 Å². The lowest BCUT2D eigenvalue weighted by atomic mass is 9.88. The minimum Gasteiger partial charge on any atom is -0.315 e. The number of nitrogens with zero attached hydrogens (tertiary/aromatic N) is 2. The molecular weight excluding hydrogens is 250 g/mol. The van der Waals surface area contributed by atoms with Crippen molar-refractivity contribution in [1.82, 2.24) is 14.5 Å². The van der Waals surface area contributed by atoms with Gasteiger partial charge in [0.1, 0.15) is 0 Å². The molecule has 2 unspecified atom stereocenters. The second-order valence-electron chi connectivity index (χ2n) is 5.37. The predicted molar refractivity (Wildman–Crippen MR) is 75.2 cm³/mol. The quantitative estimate of drug-likeness (QED) is 0.787. The third-order valence-electron chi connectivity index (χ3n) is 4.51. The molecule has 1 saturated heterocycles. The van der Waals surface area contributed by atoms with Gasteiger partial charge in [0.15, 0.2) is 0 Å². The standard InChI is InChI=1S/C12H27N3O2S/c1-6-12(3,11(2)13-4)14-7-9-15(10-8-14)18(5,16)17/h11,13H,6-10H2,1-5H3. The van der Waals surface area contributed by atoms with E-state index in [1.54, 1.807) is 4.31 Å². The molecular formula is C12H27N3O2S. The summed E-state index contributed by atoms with van der Waals surface area (Å²) in [6.07, 6.45) is 2.34. The first-order chi connectivity index (χ1) is 8.25. The largest absolute Gasteiger partial charge is 0.315 e. The minimum absolute atomic E-state index is 0.0817. The number of nitrogens with one attached hydrogen (secondary N) is 1. The lowest BCUT2D eigenvalue weighted by molar-refractivity contribution is 0.0399. The summed E-state index contributed by atoms with van der Waals surface area (Å²) in [4.78, 5) is 2.41. The van der Waals surface area contributed by atoms with Crippen LogP contribution in [-0.2, 0) is 10.0 Å². The van der Waals surface area contributed by atoms with Crippen LogP contribution < -0.4 is 5.32 Å². The molecule has 0 aliphatic carbocycles. The van der Waals surface area contributed by atoms with Gasteiger partial charge in [0.05, 0.1) is 6.26 Å². The van der Waals surface area contributed by atoms with Gasteiger partial charge in [0, 0.05) is 37.8 Å². The van der Waals surface area contributed by atoms with Gasteiger partial charge >= 0.3 is 0 Å². The molecule has 18 heavy (non-hydrogen) atoms. The molecule has 1 N–H and O–H groups in total. The van der Waals surface area contributed by atoms with Crippen LogP contribution in [0.1, 0.15) is 27.2 Å². The Hall–Kier alpha value is -0.170. The third-order valence-corrected chi connectivity index (χ3v) is 5.81. The highest BCUT2D eigenvalue weighted by Crippen LogP contribution is 2.25. The van der Waals surface area contributed by atoms with E-state index in [1.807, 2.05) is 7.05 Å².